The zero-order valence-electron chi connectivity index (χ0n) is 16.6. The van der Waals surface area contributed by atoms with E-state index in [-0.39, 0.29) is 5.91 Å². The molecule has 0 saturated carbocycles. The number of ether oxygens (including phenoxy) is 1. The second-order valence-electron chi connectivity index (χ2n) is 6.51. The standard InChI is InChI=1S/C18H20FN3O2.C2HF3O2/c1-24-11-10-21-8-9-22(13-15-5-3-7-20-17(15)21)18(23)14-4-2-6-16(19)12-14;3-2(4,5)1(6)7/h2-7,12H,8-11,13H2,1H3;(H,6,7). The van der Waals surface area contributed by atoms with Crippen LogP contribution in [0.3, 0.4) is 0 Å². The normalized spacial score (nSPS) is 13.6. The average molecular weight is 443 g/mol. The molecule has 11 heteroatoms. The van der Waals surface area contributed by atoms with Crippen LogP contribution in [0.5, 0.6) is 0 Å². The van der Waals surface area contributed by atoms with Gasteiger partial charge >= 0.3 is 12.1 Å². The highest BCUT2D eigenvalue weighted by Gasteiger charge is 2.38. The van der Waals surface area contributed by atoms with Crippen molar-refractivity contribution in [3.63, 3.8) is 0 Å². The Morgan fingerprint density at radius 1 is 1.19 bits per heavy atom. The number of carboxylic acids is 1. The van der Waals surface area contributed by atoms with Gasteiger partial charge in [0.2, 0.25) is 0 Å². The number of nitrogens with zero attached hydrogens (tertiary/aromatic N) is 3. The van der Waals surface area contributed by atoms with Crippen molar-refractivity contribution in [3.8, 4) is 0 Å². The van der Waals surface area contributed by atoms with Crippen LogP contribution in [0.15, 0.2) is 42.6 Å². The van der Waals surface area contributed by atoms with E-state index in [1.165, 1.54) is 12.1 Å². The number of anilines is 1. The summed E-state index contributed by atoms with van der Waals surface area (Å²) < 4.78 is 50.3. The summed E-state index contributed by atoms with van der Waals surface area (Å²) in [6.07, 6.45) is -3.33. The summed E-state index contributed by atoms with van der Waals surface area (Å²) in [5, 5.41) is 7.12. The lowest BCUT2D eigenvalue weighted by atomic mass is 10.1. The first-order valence-electron chi connectivity index (χ1n) is 9.16. The molecule has 1 amide bonds. The maximum Gasteiger partial charge on any atom is 0.490 e. The van der Waals surface area contributed by atoms with Gasteiger partial charge in [-0.1, -0.05) is 12.1 Å². The predicted octanol–water partition coefficient (Wildman–Crippen LogP) is 2.96. The van der Waals surface area contributed by atoms with Crippen molar-refractivity contribution in [1.82, 2.24) is 9.88 Å². The van der Waals surface area contributed by atoms with Gasteiger partial charge in [-0.3, -0.25) is 4.79 Å². The molecule has 1 aromatic carbocycles. The molecule has 1 N–H and O–H groups in total. The summed E-state index contributed by atoms with van der Waals surface area (Å²) in [7, 11) is 1.66. The van der Waals surface area contributed by atoms with E-state index in [1.807, 2.05) is 12.1 Å². The lowest BCUT2D eigenvalue weighted by Crippen LogP contribution is -2.36. The van der Waals surface area contributed by atoms with Crippen LogP contribution in [0.1, 0.15) is 15.9 Å². The molecule has 0 fully saturated rings. The molecule has 1 aromatic heterocycles. The monoisotopic (exact) mass is 443 g/mol. The lowest BCUT2D eigenvalue weighted by molar-refractivity contribution is -0.192. The molecule has 2 heterocycles. The fourth-order valence-corrected chi connectivity index (χ4v) is 2.87. The van der Waals surface area contributed by atoms with Gasteiger partial charge in [-0.15, -0.1) is 0 Å². The molecular weight excluding hydrogens is 422 g/mol. The number of carbonyl (C=O) groups is 2. The summed E-state index contributed by atoms with van der Waals surface area (Å²) in [5.41, 5.74) is 1.35. The zero-order chi connectivity index (χ0) is 23.0. The Kier molecular flexibility index (Phi) is 8.31. The fraction of sp³-hybridized carbons (Fsp3) is 0.350. The van der Waals surface area contributed by atoms with Gasteiger partial charge in [-0.2, -0.15) is 13.2 Å². The van der Waals surface area contributed by atoms with Gasteiger partial charge in [-0.25, -0.2) is 14.2 Å². The number of amides is 1. The number of hydrogen-bond acceptors (Lipinski definition) is 5. The van der Waals surface area contributed by atoms with Gasteiger partial charge in [0.1, 0.15) is 11.6 Å². The van der Waals surface area contributed by atoms with Crippen LogP contribution >= 0.6 is 0 Å². The third-order valence-corrected chi connectivity index (χ3v) is 4.33. The molecule has 31 heavy (non-hydrogen) atoms. The minimum atomic E-state index is -5.08. The van der Waals surface area contributed by atoms with Gasteiger partial charge in [-0.05, 0) is 24.3 Å². The molecule has 168 valence electrons. The van der Waals surface area contributed by atoms with Gasteiger partial charge in [0, 0.05) is 50.6 Å². The largest absolute Gasteiger partial charge is 0.490 e. The molecule has 0 aliphatic carbocycles. The van der Waals surface area contributed by atoms with Gasteiger partial charge < -0.3 is 19.6 Å². The van der Waals surface area contributed by atoms with E-state index >= 15 is 0 Å². The topological polar surface area (TPSA) is 83.0 Å². The first-order chi connectivity index (χ1) is 14.6. The molecule has 1 aliphatic rings. The number of rotatable bonds is 4. The van der Waals surface area contributed by atoms with Crippen LogP contribution in [0, 0.1) is 5.82 Å². The second kappa shape index (κ2) is 10.7. The highest BCUT2D eigenvalue weighted by atomic mass is 19.4. The maximum absolute atomic E-state index is 13.4. The summed E-state index contributed by atoms with van der Waals surface area (Å²) in [6.45, 7) is 2.97. The molecular formula is C20H21F4N3O4. The Morgan fingerprint density at radius 3 is 2.52 bits per heavy atom. The van der Waals surface area contributed by atoms with Crippen molar-refractivity contribution in [1.29, 1.82) is 0 Å². The average Bonchev–Trinajstić information content (AvgIpc) is 2.91. The number of methoxy groups -OCH3 is 1. The number of carbonyl (C=O) groups excluding carboxylic acids is 1. The van der Waals surface area contributed by atoms with E-state index in [1.54, 1.807) is 30.3 Å². The highest BCUT2D eigenvalue weighted by Crippen LogP contribution is 2.23. The second-order valence-corrected chi connectivity index (χ2v) is 6.51. The molecule has 0 unspecified atom stereocenters. The van der Waals surface area contributed by atoms with E-state index in [4.69, 9.17) is 14.6 Å². The Morgan fingerprint density at radius 2 is 1.90 bits per heavy atom. The van der Waals surface area contributed by atoms with Crippen molar-refractivity contribution in [2.45, 2.75) is 12.7 Å². The van der Waals surface area contributed by atoms with E-state index in [0.717, 1.165) is 11.4 Å². The van der Waals surface area contributed by atoms with Crippen LogP contribution in [0.4, 0.5) is 23.4 Å². The van der Waals surface area contributed by atoms with E-state index in [9.17, 15) is 22.4 Å². The summed E-state index contributed by atoms with van der Waals surface area (Å²) in [4.78, 5) is 30.0. The third kappa shape index (κ3) is 6.92. The molecule has 3 rings (SSSR count). The first-order valence-corrected chi connectivity index (χ1v) is 9.16. The van der Waals surface area contributed by atoms with Gasteiger partial charge in [0.25, 0.3) is 5.91 Å². The molecule has 0 spiro atoms. The number of fused-ring (bicyclic) bond motifs is 1. The Labute approximate surface area is 175 Å². The van der Waals surface area contributed by atoms with Crippen molar-refractivity contribution >= 4 is 17.7 Å². The van der Waals surface area contributed by atoms with E-state index in [0.29, 0.717) is 38.3 Å². The molecule has 0 saturated heterocycles. The number of aromatic nitrogens is 1. The van der Waals surface area contributed by atoms with Crippen molar-refractivity contribution in [2.75, 3.05) is 38.3 Å². The highest BCUT2D eigenvalue weighted by molar-refractivity contribution is 5.94. The fourth-order valence-electron chi connectivity index (χ4n) is 2.87. The molecule has 0 radical (unpaired) electrons. The number of halogens is 4. The smallest absolute Gasteiger partial charge is 0.475 e. The van der Waals surface area contributed by atoms with Crippen molar-refractivity contribution < 1.29 is 37.0 Å². The summed E-state index contributed by atoms with van der Waals surface area (Å²) >= 11 is 0. The van der Waals surface area contributed by atoms with Gasteiger partial charge in [0.05, 0.1) is 6.61 Å². The Balaban J connectivity index is 0.000000423. The predicted molar refractivity (Wildman–Crippen MR) is 103 cm³/mol. The number of pyridine rings is 1. The van der Waals surface area contributed by atoms with Crippen LogP contribution < -0.4 is 4.90 Å². The number of carboxylic acid groups (broad SMARTS) is 1. The number of hydrogen-bond donors (Lipinski definition) is 1. The molecule has 0 bridgehead atoms. The minimum Gasteiger partial charge on any atom is -0.475 e. The maximum atomic E-state index is 13.4. The molecule has 1 aliphatic heterocycles. The van der Waals surface area contributed by atoms with E-state index in [2.05, 4.69) is 9.88 Å². The Bertz CT molecular complexity index is 908. The molecule has 2 aromatic rings. The van der Waals surface area contributed by atoms with Crippen LogP contribution in [0.25, 0.3) is 0 Å². The van der Waals surface area contributed by atoms with Crippen LogP contribution in [-0.4, -0.2) is 66.4 Å². The minimum absolute atomic E-state index is 0.169. The SMILES string of the molecule is COCCN1CCN(C(=O)c2cccc(F)c2)Cc2cccnc21.O=C(O)C(F)(F)F. The lowest BCUT2D eigenvalue weighted by Gasteiger charge is -2.23. The Hall–Kier alpha value is -3.21. The first kappa shape index (κ1) is 24.1. The molecule has 0 atom stereocenters. The summed E-state index contributed by atoms with van der Waals surface area (Å²) in [5.74, 6) is -2.45. The number of aliphatic carboxylic acids is 1. The molecule has 7 nitrogen and oxygen atoms in total. The van der Waals surface area contributed by atoms with Crippen molar-refractivity contribution in [3.05, 3.63) is 59.5 Å². The van der Waals surface area contributed by atoms with E-state index < -0.39 is 18.0 Å². The summed E-state index contributed by atoms with van der Waals surface area (Å²) in [6, 6.07) is 9.65. The zero-order valence-corrected chi connectivity index (χ0v) is 16.6. The van der Waals surface area contributed by atoms with Gasteiger partial charge in [0.15, 0.2) is 0 Å². The number of alkyl halides is 3. The third-order valence-electron chi connectivity index (χ3n) is 4.33. The van der Waals surface area contributed by atoms with Crippen LogP contribution in [-0.2, 0) is 16.1 Å². The number of benzene rings is 1. The van der Waals surface area contributed by atoms with Crippen LogP contribution in [0.2, 0.25) is 0 Å². The quantitative estimate of drug-likeness (QED) is 0.732. The van der Waals surface area contributed by atoms with Crippen molar-refractivity contribution in [2.24, 2.45) is 0 Å².